The Bertz CT molecular complexity index is 1260. The Morgan fingerprint density at radius 2 is 1.81 bits per heavy atom. The molecule has 1 aliphatic heterocycles. The van der Waals surface area contributed by atoms with E-state index in [1.807, 2.05) is 0 Å². The zero-order valence-corrected chi connectivity index (χ0v) is 18.0. The zero-order valence-electron chi connectivity index (χ0n) is 17.2. The van der Waals surface area contributed by atoms with Gasteiger partial charge in [-0.1, -0.05) is 12.1 Å². The fourth-order valence-electron chi connectivity index (χ4n) is 3.75. The zero-order chi connectivity index (χ0) is 22.0. The molecule has 1 fully saturated rings. The van der Waals surface area contributed by atoms with Crippen LogP contribution in [0.5, 0.6) is 0 Å². The minimum absolute atomic E-state index is 0.0140. The summed E-state index contributed by atoms with van der Waals surface area (Å²) in [5, 5.41) is 0. The van der Waals surface area contributed by atoms with E-state index in [-0.39, 0.29) is 22.1 Å². The molecule has 0 bridgehead atoms. The molecule has 0 saturated carbocycles. The average Bonchev–Trinajstić information content (AvgIpc) is 3.39. The smallest absolute Gasteiger partial charge is 0.323 e. The molecule has 0 spiro atoms. The Balaban J connectivity index is 1.54. The topological polar surface area (TPSA) is 118 Å². The van der Waals surface area contributed by atoms with Crippen LogP contribution in [0.15, 0.2) is 52.2 Å². The van der Waals surface area contributed by atoms with Crippen LogP contribution in [-0.2, 0) is 10.0 Å². The number of aromatic amines is 2. The van der Waals surface area contributed by atoms with Gasteiger partial charge in [0.15, 0.2) is 0 Å². The van der Waals surface area contributed by atoms with Crippen molar-refractivity contribution in [2.24, 2.45) is 0 Å². The summed E-state index contributed by atoms with van der Waals surface area (Å²) in [6, 6.07) is 10.9. The minimum Gasteiger partial charge on any atom is -0.340 e. The van der Waals surface area contributed by atoms with Crippen molar-refractivity contribution in [2.75, 3.05) is 37.9 Å². The summed E-state index contributed by atoms with van der Waals surface area (Å²) in [5.41, 5.74) is 0.984. The van der Waals surface area contributed by atoms with Crippen LogP contribution in [0, 0.1) is 0 Å². The lowest BCUT2D eigenvalue weighted by molar-refractivity contribution is 0.0783. The van der Waals surface area contributed by atoms with Gasteiger partial charge in [-0.25, -0.2) is 13.2 Å². The first-order chi connectivity index (χ1) is 14.8. The predicted octanol–water partition coefficient (Wildman–Crippen LogP) is 1.82. The van der Waals surface area contributed by atoms with E-state index in [0.717, 1.165) is 19.6 Å². The number of carbonyl (C=O) groups excluding carboxylic acids is 1. The first kappa shape index (κ1) is 21.1. The Labute approximate surface area is 180 Å². The Kier molecular flexibility index (Phi) is 5.84. The maximum atomic E-state index is 13.0. The molecule has 10 heteroatoms. The summed E-state index contributed by atoms with van der Waals surface area (Å²) in [6.07, 6.45) is 2.37. The van der Waals surface area contributed by atoms with Crippen LogP contribution in [0.25, 0.3) is 11.0 Å². The number of likely N-dealkylation sites (N-methyl/N-ethyl adjacent to an activating group) is 1. The normalized spacial score (nSPS) is 14.7. The average molecular weight is 444 g/mol. The standard InChI is InChI=1S/C21H25N5O4S/c1-25(12-13-26-10-4-5-11-26)20(27)16-6-2-3-7-17(16)24-31(29,30)15-8-9-18-19(14-15)23-21(28)22-18/h2-3,6-9,14,24H,4-5,10-13H2,1H3,(H2,22,23,28). The van der Waals surface area contributed by atoms with E-state index in [9.17, 15) is 18.0 Å². The number of amides is 1. The fraction of sp³-hybridized carbons (Fsp3) is 0.333. The number of hydrogen-bond donors (Lipinski definition) is 3. The van der Waals surface area contributed by atoms with E-state index >= 15 is 0 Å². The molecule has 1 aromatic heterocycles. The first-order valence-electron chi connectivity index (χ1n) is 10.2. The van der Waals surface area contributed by atoms with Crippen molar-refractivity contribution in [3.05, 3.63) is 58.5 Å². The molecule has 0 atom stereocenters. The van der Waals surface area contributed by atoms with Gasteiger partial charge in [0.1, 0.15) is 0 Å². The predicted molar refractivity (Wildman–Crippen MR) is 119 cm³/mol. The molecule has 1 amide bonds. The van der Waals surface area contributed by atoms with Crippen LogP contribution < -0.4 is 10.4 Å². The highest BCUT2D eigenvalue weighted by Crippen LogP contribution is 2.23. The Morgan fingerprint density at radius 1 is 1.10 bits per heavy atom. The molecule has 31 heavy (non-hydrogen) atoms. The molecule has 9 nitrogen and oxygen atoms in total. The molecule has 0 aliphatic carbocycles. The molecule has 3 aromatic rings. The number of likely N-dealkylation sites (tertiary alicyclic amines) is 1. The lowest BCUT2D eigenvalue weighted by atomic mass is 10.1. The summed E-state index contributed by atoms with van der Waals surface area (Å²) in [7, 11) is -2.25. The SMILES string of the molecule is CN(CCN1CCCC1)C(=O)c1ccccc1NS(=O)(=O)c1ccc2[nH]c(=O)[nH]c2c1. The van der Waals surface area contributed by atoms with Gasteiger partial charge in [-0.05, 0) is 56.3 Å². The van der Waals surface area contributed by atoms with Crippen LogP contribution in [0.2, 0.25) is 0 Å². The molecule has 3 N–H and O–H groups in total. The lowest BCUT2D eigenvalue weighted by Crippen LogP contribution is -2.35. The van der Waals surface area contributed by atoms with Gasteiger partial charge in [0.25, 0.3) is 15.9 Å². The number of carbonyl (C=O) groups is 1. The summed E-state index contributed by atoms with van der Waals surface area (Å²) in [4.78, 5) is 33.5. The van der Waals surface area contributed by atoms with E-state index in [2.05, 4.69) is 19.6 Å². The molecular weight excluding hydrogens is 418 g/mol. The second kappa shape index (κ2) is 8.56. The van der Waals surface area contributed by atoms with Crippen LogP contribution in [-0.4, -0.2) is 67.3 Å². The number of aromatic nitrogens is 2. The maximum Gasteiger partial charge on any atom is 0.323 e. The highest BCUT2D eigenvalue weighted by atomic mass is 32.2. The van der Waals surface area contributed by atoms with Crippen molar-refractivity contribution in [1.29, 1.82) is 0 Å². The molecule has 164 valence electrons. The van der Waals surface area contributed by atoms with Crippen molar-refractivity contribution in [3.8, 4) is 0 Å². The second-order valence-corrected chi connectivity index (χ2v) is 9.40. The largest absolute Gasteiger partial charge is 0.340 e. The van der Waals surface area contributed by atoms with E-state index < -0.39 is 15.7 Å². The van der Waals surface area contributed by atoms with Gasteiger partial charge in [-0.15, -0.1) is 0 Å². The van der Waals surface area contributed by atoms with E-state index in [1.165, 1.54) is 31.0 Å². The highest BCUT2D eigenvalue weighted by Gasteiger charge is 2.22. The number of hydrogen-bond acceptors (Lipinski definition) is 5. The molecule has 0 radical (unpaired) electrons. The molecule has 1 aliphatic rings. The Hall–Kier alpha value is -3.11. The van der Waals surface area contributed by atoms with Crippen molar-refractivity contribution in [3.63, 3.8) is 0 Å². The second-order valence-electron chi connectivity index (χ2n) is 7.71. The molecule has 1 saturated heterocycles. The monoisotopic (exact) mass is 443 g/mol. The number of nitrogens with zero attached hydrogens (tertiary/aromatic N) is 2. The van der Waals surface area contributed by atoms with Crippen LogP contribution >= 0.6 is 0 Å². The minimum atomic E-state index is -3.97. The highest BCUT2D eigenvalue weighted by molar-refractivity contribution is 7.92. The Morgan fingerprint density at radius 3 is 2.58 bits per heavy atom. The molecule has 4 rings (SSSR count). The van der Waals surface area contributed by atoms with E-state index in [1.54, 1.807) is 36.2 Å². The van der Waals surface area contributed by atoms with Gasteiger partial charge in [-0.3, -0.25) is 9.52 Å². The van der Waals surface area contributed by atoms with Crippen molar-refractivity contribution in [2.45, 2.75) is 17.7 Å². The number of anilines is 1. The number of rotatable bonds is 7. The molecule has 2 aromatic carbocycles. The maximum absolute atomic E-state index is 13.0. The van der Waals surface area contributed by atoms with E-state index in [4.69, 9.17) is 0 Å². The van der Waals surface area contributed by atoms with Gasteiger partial charge in [0.05, 0.1) is 27.2 Å². The summed E-state index contributed by atoms with van der Waals surface area (Å²) in [5.74, 6) is -0.247. The van der Waals surface area contributed by atoms with E-state index in [0.29, 0.717) is 17.6 Å². The summed E-state index contributed by atoms with van der Waals surface area (Å²) >= 11 is 0. The first-order valence-corrected chi connectivity index (χ1v) is 11.6. The number of para-hydroxylation sites is 1. The quantitative estimate of drug-likeness (QED) is 0.515. The number of H-pyrrole nitrogens is 2. The van der Waals surface area contributed by atoms with Crippen molar-refractivity contribution in [1.82, 2.24) is 19.8 Å². The van der Waals surface area contributed by atoms with Gasteiger partial charge in [0.2, 0.25) is 0 Å². The molecule has 2 heterocycles. The van der Waals surface area contributed by atoms with Crippen LogP contribution in [0.1, 0.15) is 23.2 Å². The fourth-order valence-corrected chi connectivity index (χ4v) is 4.85. The summed E-state index contributed by atoms with van der Waals surface area (Å²) < 4.78 is 28.4. The van der Waals surface area contributed by atoms with Crippen LogP contribution in [0.3, 0.4) is 0 Å². The third-order valence-electron chi connectivity index (χ3n) is 5.50. The van der Waals surface area contributed by atoms with Gasteiger partial charge in [-0.2, -0.15) is 0 Å². The van der Waals surface area contributed by atoms with Crippen molar-refractivity contribution < 1.29 is 13.2 Å². The van der Waals surface area contributed by atoms with Gasteiger partial charge < -0.3 is 19.8 Å². The van der Waals surface area contributed by atoms with Crippen molar-refractivity contribution >= 4 is 32.7 Å². The number of nitrogens with one attached hydrogen (secondary N) is 3. The molecule has 0 unspecified atom stereocenters. The number of fused-ring (bicyclic) bond motifs is 1. The van der Waals surface area contributed by atoms with Gasteiger partial charge >= 0.3 is 5.69 Å². The number of benzene rings is 2. The van der Waals surface area contributed by atoms with Gasteiger partial charge in [0, 0.05) is 20.1 Å². The van der Waals surface area contributed by atoms with Crippen LogP contribution in [0.4, 0.5) is 5.69 Å². The number of imidazole rings is 1. The summed E-state index contributed by atoms with van der Waals surface area (Å²) in [6.45, 7) is 3.47. The molecular formula is C21H25N5O4S. The lowest BCUT2D eigenvalue weighted by Gasteiger charge is -2.22. The third kappa shape index (κ3) is 4.64. The third-order valence-corrected chi connectivity index (χ3v) is 6.86. The number of sulfonamides is 1.